The van der Waals surface area contributed by atoms with Crippen LogP contribution in [-0.2, 0) is 14.3 Å². The molecular formula is C7H11O3. The Kier molecular flexibility index (Phi) is 2.68. The third kappa shape index (κ3) is 1.99. The first-order valence-electron chi connectivity index (χ1n) is 3.43. The van der Waals surface area contributed by atoms with Crippen LogP contribution in [-0.4, -0.2) is 18.9 Å². The molecule has 1 rings (SSSR count). The van der Waals surface area contributed by atoms with Crippen LogP contribution in [0.3, 0.4) is 0 Å². The highest BCUT2D eigenvalue weighted by atomic mass is 16.7. The molecule has 1 aliphatic rings. The molecule has 0 saturated carbocycles. The Balaban J connectivity index is 2.17. The van der Waals surface area contributed by atoms with Crippen molar-refractivity contribution >= 4 is 5.97 Å². The van der Waals surface area contributed by atoms with Gasteiger partial charge in [0.05, 0.1) is 6.61 Å². The lowest BCUT2D eigenvalue weighted by atomic mass is 10.4. The highest BCUT2D eigenvalue weighted by molar-refractivity contribution is 5.69. The monoisotopic (exact) mass is 143 g/mol. The third-order valence-electron chi connectivity index (χ3n) is 1.35. The first-order chi connectivity index (χ1) is 4.83. The van der Waals surface area contributed by atoms with Crippen molar-refractivity contribution in [3.05, 3.63) is 6.92 Å². The molecule has 0 aliphatic carbocycles. The van der Waals surface area contributed by atoms with Gasteiger partial charge in [-0.25, -0.2) is 0 Å². The van der Waals surface area contributed by atoms with Crippen molar-refractivity contribution in [1.29, 1.82) is 0 Å². The van der Waals surface area contributed by atoms with Gasteiger partial charge in [0, 0.05) is 12.8 Å². The maximum absolute atomic E-state index is 10.6. The van der Waals surface area contributed by atoms with E-state index in [0.717, 1.165) is 12.8 Å². The number of hydrogen-bond acceptors (Lipinski definition) is 3. The zero-order valence-corrected chi connectivity index (χ0v) is 5.84. The molecule has 0 aromatic rings. The second-order valence-corrected chi connectivity index (χ2v) is 2.18. The highest BCUT2D eigenvalue weighted by Crippen LogP contribution is 2.13. The standard InChI is InChI=1S/C7H11O3/c1-2-6(8)10-7-4-3-5-9-7/h7H,1-5H2. The van der Waals surface area contributed by atoms with Crippen LogP contribution >= 0.6 is 0 Å². The third-order valence-corrected chi connectivity index (χ3v) is 1.35. The van der Waals surface area contributed by atoms with Gasteiger partial charge in [0.2, 0.25) is 6.29 Å². The number of hydrogen-bond donors (Lipinski definition) is 0. The fourth-order valence-electron chi connectivity index (χ4n) is 0.847. The van der Waals surface area contributed by atoms with E-state index in [4.69, 9.17) is 9.47 Å². The molecule has 57 valence electrons. The van der Waals surface area contributed by atoms with Gasteiger partial charge in [0.25, 0.3) is 0 Å². The molecule has 1 atom stereocenters. The Morgan fingerprint density at radius 3 is 3.10 bits per heavy atom. The lowest BCUT2D eigenvalue weighted by Gasteiger charge is -2.08. The van der Waals surface area contributed by atoms with Gasteiger partial charge >= 0.3 is 5.97 Å². The van der Waals surface area contributed by atoms with Crippen LogP contribution in [0.25, 0.3) is 0 Å². The first-order valence-corrected chi connectivity index (χ1v) is 3.43. The number of esters is 1. The van der Waals surface area contributed by atoms with Crippen LogP contribution in [0.4, 0.5) is 0 Å². The molecule has 0 aromatic carbocycles. The largest absolute Gasteiger partial charge is 0.436 e. The van der Waals surface area contributed by atoms with Gasteiger partial charge in [-0.3, -0.25) is 4.79 Å². The maximum Gasteiger partial charge on any atom is 0.308 e. The van der Waals surface area contributed by atoms with E-state index >= 15 is 0 Å². The van der Waals surface area contributed by atoms with E-state index < -0.39 is 0 Å². The Bertz CT molecular complexity index is 116. The van der Waals surface area contributed by atoms with Crippen molar-refractivity contribution in [1.82, 2.24) is 0 Å². The highest BCUT2D eigenvalue weighted by Gasteiger charge is 2.18. The van der Waals surface area contributed by atoms with Crippen molar-refractivity contribution in [3.63, 3.8) is 0 Å². The average molecular weight is 143 g/mol. The summed E-state index contributed by atoms with van der Waals surface area (Å²) in [4.78, 5) is 10.6. The normalized spacial score (nSPS) is 24.7. The van der Waals surface area contributed by atoms with E-state index in [1.807, 2.05) is 0 Å². The number of carbonyl (C=O) groups is 1. The van der Waals surface area contributed by atoms with Gasteiger partial charge in [0.15, 0.2) is 0 Å². The molecular weight excluding hydrogens is 132 g/mol. The van der Waals surface area contributed by atoms with E-state index in [-0.39, 0.29) is 18.7 Å². The smallest absolute Gasteiger partial charge is 0.308 e. The minimum atomic E-state index is -0.297. The zero-order valence-electron chi connectivity index (χ0n) is 5.84. The Morgan fingerprint density at radius 1 is 1.80 bits per heavy atom. The molecule has 1 radical (unpaired) electrons. The summed E-state index contributed by atoms with van der Waals surface area (Å²) in [5.41, 5.74) is 0. The summed E-state index contributed by atoms with van der Waals surface area (Å²) < 4.78 is 9.89. The maximum atomic E-state index is 10.6. The molecule has 10 heavy (non-hydrogen) atoms. The van der Waals surface area contributed by atoms with Crippen LogP contribution in [0.1, 0.15) is 19.3 Å². The summed E-state index contributed by atoms with van der Waals surface area (Å²) in [5.74, 6) is -0.285. The van der Waals surface area contributed by atoms with Crippen molar-refractivity contribution in [3.8, 4) is 0 Å². The molecule has 1 fully saturated rings. The number of rotatable bonds is 2. The van der Waals surface area contributed by atoms with Crippen LogP contribution in [0.5, 0.6) is 0 Å². The van der Waals surface area contributed by atoms with E-state index in [0.29, 0.717) is 6.61 Å². The summed E-state index contributed by atoms with van der Waals surface area (Å²) in [6.07, 6.45) is 1.69. The lowest BCUT2D eigenvalue weighted by molar-refractivity contribution is -0.168. The predicted octanol–water partition coefficient (Wildman–Crippen LogP) is 0.890. The van der Waals surface area contributed by atoms with Gasteiger partial charge < -0.3 is 9.47 Å². The van der Waals surface area contributed by atoms with E-state index in [1.165, 1.54) is 0 Å². The van der Waals surface area contributed by atoms with Crippen molar-refractivity contribution in [2.75, 3.05) is 6.61 Å². The summed E-state index contributed by atoms with van der Waals surface area (Å²) in [6.45, 7) is 4.10. The number of ether oxygens (including phenoxy) is 2. The van der Waals surface area contributed by atoms with Crippen LogP contribution in [0.2, 0.25) is 0 Å². The molecule has 0 spiro atoms. The molecule has 0 aromatic heterocycles. The Labute approximate surface area is 60.3 Å². The summed E-state index contributed by atoms with van der Waals surface area (Å²) in [5, 5.41) is 0. The van der Waals surface area contributed by atoms with E-state index in [9.17, 15) is 4.79 Å². The van der Waals surface area contributed by atoms with Gasteiger partial charge in [-0.05, 0) is 13.3 Å². The van der Waals surface area contributed by atoms with Gasteiger partial charge in [-0.2, -0.15) is 0 Å². The van der Waals surface area contributed by atoms with E-state index in [1.54, 1.807) is 0 Å². The first kappa shape index (κ1) is 7.54. The molecule has 1 heterocycles. The van der Waals surface area contributed by atoms with Gasteiger partial charge in [-0.15, -0.1) is 0 Å². The molecule has 0 bridgehead atoms. The Morgan fingerprint density at radius 2 is 2.60 bits per heavy atom. The predicted molar refractivity (Wildman–Crippen MR) is 35.0 cm³/mol. The second-order valence-electron chi connectivity index (χ2n) is 2.18. The molecule has 0 amide bonds. The van der Waals surface area contributed by atoms with E-state index in [2.05, 4.69) is 6.92 Å². The fourth-order valence-corrected chi connectivity index (χ4v) is 0.847. The van der Waals surface area contributed by atoms with Crippen molar-refractivity contribution < 1.29 is 14.3 Å². The van der Waals surface area contributed by atoms with Gasteiger partial charge in [0.1, 0.15) is 0 Å². The van der Waals surface area contributed by atoms with Gasteiger partial charge in [-0.1, -0.05) is 0 Å². The minimum Gasteiger partial charge on any atom is -0.436 e. The summed E-state index contributed by atoms with van der Waals surface area (Å²) >= 11 is 0. The van der Waals surface area contributed by atoms with Crippen molar-refractivity contribution in [2.45, 2.75) is 25.6 Å². The second kappa shape index (κ2) is 3.56. The van der Waals surface area contributed by atoms with Crippen LogP contribution < -0.4 is 0 Å². The molecule has 1 aliphatic heterocycles. The zero-order chi connectivity index (χ0) is 7.40. The van der Waals surface area contributed by atoms with Crippen LogP contribution in [0.15, 0.2) is 0 Å². The van der Waals surface area contributed by atoms with Crippen LogP contribution in [0, 0.1) is 6.92 Å². The number of carbonyl (C=O) groups excluding carboxylic acids is 1. The topological polar surface area (TPSA) is 35.5 Å². The minimum absolute atomic E-state index is 0.180. The molecule has 0 N–H and O–H groups in total. The summed E-state index contributed by atoms with van der Waals surface area (Å²) in [6, 6.07) is 0. The lowest BCUT2D eigenvalue weighted by Crippen LogP contribution is -2.15. The van der Waals surface area contributed by atoms with Crippen molar-refractivity contribution in [2.24, 2.45) is 0 Å². The molecule has 3 nitrogen and oxygen atoms in total. The molecule has 1 saturated heterocycles. The molecule has 1 unspecified atom stereocenters. The average Bonchev–Trinajstić information content (AvgIpc) is 2.40. The quantitative estimate of drug-likeness (QED) is 0.538. The fraction of sp³-hybridized carbons (Fsp3) is 0.714. The SMILES string of the molecule is [CH2]CC(=O)OC1CCCO1. The molecule has 3 heteroatoms. The Hall–Kier alpha value is -0.570. The summed E-state index contributed by atoms with van der Waals surface area (Å²) in [7, 11) is 0.